The molecule has 2 rings (SSSR count). The number of amides is 2. The van der Waals surface area contributed by atoms with Crippen LogP contribution in [0.4, 0.5) is 0 Å². The first-order valence-electron chi connectivity index (χ1n) is 7.19. The molecule has 1 aliphatic heterocycles. The molecule has 1 aromatic carbocycles. The van der Waals surface area contributed by atoms with Crippen LogP contribution in [0.5, 0.6) is 0 Å². The minimum atomic E-state index is -0.130. The van der Waals surface area contributed by atoms with Crippen LogP contribution < -0.4 is 16.0 Å². The topological polar surface area (TPSA) is 70.2 Å². The summed E-state index contributed by atoms with van der Waals surface area (Å²) in [6, 6.07) is 7.46. The zero-order valence-corrected chi connectivity index (χ0v) is 14.6. The monoisotopic (exact) mass is 389 g/mol. The summed E-state index contributed by atoms with van der Waals surface area (Å²) < 4.78 is 0.937. The van der Waals surface area contributed by atoms with E-state index in [2.05, 4.69) is 31.9 Å². The van der Waals surface area contributed by atoms with Crippen molar-refractivity contribution in [2.75, 3.05) is 19.6 Å². The van der Waals surface area contributed by atoms with E-state index in [0.717, 1.165) is 23.9 Å². The third-order valence-electron chi connectivity index (χ3n) is 3.43. The van der Waals surface area contributed by atoms with E-state index in [1.165, 1.54) is 0 Å². The minimum absolute atomic E-state index is 0. The Morgan fingerprint density at radius 3 is 2.50 bits per heavy atom. The van der Waals surface area contributed by atoms with Crippen LogP contribution in [0.2, 0.25) is 0 Å². The Labute approximate surface area is 145 Å². The number of halogens is 2. The van der Waals surface area contributed by atoms with Crippen molar-refractivity contribution in [2.45, 2.75) is 25.3 Å². The standard InChI is InChI=1S/C15H20BrN3O2.ClH/c16-12-5-3-11(4-6-12)15(21)19-9-8-18-14(20)10-13-2-1-7-17-13;/h3-6,13,17H,1-2,7-10H2,(H,18,20)(H,19,21);1H. The number of carbonyl (C=O) groups is 2. The maximum absolute atomic E-state index is 11.8. The van der Waals surface area contributed by atoms with E-state index in [9.17, 15) is 9.59 Å². The molecule has 1 fully saturated rings. The summed E-state index contributed by atoms with van der Waals surface area (Å²) in [6.45, 7) is 1.88. The predicted molar refractivity (Wildman–Crippen MR) is 92.4 cm³/mol. The average molecular weight is 391 g/mol. The highest BCUT2D eigenvalue weighted by atomic mass is 79.9. The van der Waals surface area contributed by atoms with Gasteiger partial charge in [-0.15, -0.1) is 12.4 Å². The maximum Gasteiger partial charge on any atom is 0.251 e. The van der Waals surface area contributed by atoms with Gasteiger partial charge in [0.1, 0.15) is 0 Å². The molecule has 0 radical (unpaired) electrons. The Morgan fingerprint density at radius 1 is 1.18 bits per heavy atom. The van der Waals surface area contributed by atoms with Gasteiger partial charge in [0.25, 0.3) is 5.91 Å². The molecule has 0 aliphatic carbocycles. The SMILES string of the molecule is Cl.O=C(CC1CCCN1)NCCNC(=O)c1ccc(Br)cc1. The molecule has 0 bridgehead atoms. The lowest BCUT2D eigenvalue weighted by atomic mass is 10.1. The maximum atomic E-state index is 11.8. The molecule has 1 aliphatic rings. The Kier molecular flexibility index (Phi) is 8.45. The molecule has 0 aromatic heterocycles. The molecule has 5 nitrogen and oxygen atoms in total. The van der Waals surface area contributed by atoms with E-state index in [-0.39, 0.29) is 24.2 Å². The molecule has 1 aromatic rings. The van der Waals surface area contributed by atoms with Gasteiger partial charge in [0.15, 0.2) is 0 Å². The van der Waals surface area contributed by atoms with E-state index in [1.807, 2.05) is 12.1 Å². The predicted octanol–water partition coefficient (Wildman–Crippen LogP) is 1.86. The molecule has 7 heteroatoms. The van der Waals surface area contributed by atoms with E-state index < -0.39 is 0 Å². The van der Waals surface area contributed by atoms with Gasteiger partial charge in [0.2, 0.25) is 5.91 Å². The van der Waals surface area contributed by atoms with Crippen molar-refractivity contribution in [2.24, 2.45) is 0 Å². The number of hydrogen-bond acceptors (Lipinski definition) is 3. The zero-order chi connectivity index (χ0) is 15.1. The first-order chi connectivity index (χ1) is 10.1. The highest BCUT2D eigenvalue weighted by molar-refractivity contribution is 9.10. The smallest absolute Gasteiger partial charge is 0.251 e. The summed E-state index contributed by atoms with van der Waals surface area (Å²) in [5.74, 6) is -0.0958. The van der Waals surface area contributed by atoms with E-state index in [1.54, 1.807) is 12.1 Å². The second kappa shape index (κ2) is 9.82. The van der Waals surface area contributed by atoms with Gasteiger partial charge in [0.05, 0.1) is 0 Å². The molecule has 22 heavy (non-hydrogen) atoms. The number of nitrogens with one attached hydrogen (secondary N) is 3. The summed E-state index contributed by atoms with van der Waals surface area (Å²) >= 11 is 3.33. The molecule has 3 N–H and O–H groups in total. The second-order valence-corrected chi connectivity index (χ2v) is 6.03. The average Bonchev–Trinajstić information content (AvgIpc) is 2.97. The van der Waals surface area contributed by atoms with Gasteiger partial charge in [0, 0.05) is 35.6 Å². The fourth-order valence-electron chi connectivity index (χ4n) is 2.31. The van der Waals surface area contributed by atoms with Gasteiger partial charge >= 0.3 is 0 Å². The summed E-state index contributed by atoms with van der Waals surface area (Å²) in [5, 5.41) is 8.89. The number of carbonyl (C=O) groups excluding carboxylic acids is 2. The van der Waals surface area contributed by atoms with Crippen LogP contribution in [-0.4, -0.2) is 37.5 Å². The lowest BCUT2D eigenvalue weighted by Crippen LogP contribution is -2.37. The van der Waals surface area contributed by atoms with E-state index in [4.69, 9.17) is 0 Å². The highest BCUT2D eigenvalue weighted by Crippen LogP contribution is 2.10. The van der Waals surface area contributed by atoms with Crippen LogP contribution in [0.1, 0.15) is 29.6 Å². The van der Waals surface area contributed by atoms with Crippen molar-refractivity contribution in [3.8, 4) is 0 Å². The lowest BCUT2D eigenvalue weighted by molar-refractivity contribution is -0.121. The van der Waals surface area contributed by atoms with Crippen molar-refractivity contribution in [3.05, 3.63) is 34.3 Å². The number of benzene rings is 1. The fraction of sp³-hybridized carbons (Fsp3) is 0.467. The molecule has 0 spiro atoms. The Bertz CT molecular complexity index is 490. The zero-order valence-electron chi connectivity index (χ0n) is 12.2. The minimum Gasteiger partial charge on any atom is -0.354 e. The summed E-state index contributed by atoms with van der Waals surface area (Å²) in [5.41, 5.74) is 0.611. The van der Waals surface area contributed by atoms with E-state index >= 15 is 0 Å². The third-order valence-corrected chi connectivity index (χ3v) is 3.96. The normalized spacial score (nSPS) is 16.7. The first kappa shape index (κ1) is 18.9. The number of hydrogen-bond donors (Lipinski definition) is 3. The van der Waals surface area contributed by atoms with Gasteiger partial charge in [-0.2, -0.15) is 0 Å². The second-order valence-electron chi connectivity index (χ2n) is 5.11. The van der Waals surface area contributed by atoms with Crippen LogP contribution in [0.3, 0.4) is 0 Å². The quantitative estimate of drug-likeness (QED) is 0.649. The molecule has 1 heterocycles. The van der Waals surface area contributed by atoms with Crippen molar-refractivity contribution in [1.82, 2.24) is 16.0 Å². The molecule has 1 unspecified atom stereocenters. The van der Waals surface area contributed by atoms with Gasteiger partial charge < -0.3 is 16.0 Å². The van der Waals surface area contributed by atoms with Crippen molar-refractivity contribution < 1.29 is 9.59 Å². The van der Waals surface area contributed by atoms with Crippen molar-refractivity contribution >= 4 is 40.2 Å². The summed E-state index contributed by atoms with van der Waals surface area (Å²) in [6.07, 6.45) is 2.72. The van der Waals surface area contributed by atoms with Crippen LogP contribution in [0.25, 0.3) is 0 Å². The highest BCUT2D eigenvalue weighted by Gasteiger charge is 2.17. The first-order valence-corrected chi connectivity index (χ1v) is 7.98. The lowest BCUT2D eigenvalue weighted by Gasteiger charge is -2.11. The van der Waals surface area contributed by atoms with Crippen LogP contribution in [0.15, 0.2) is 28.7 Å². The van der Waals surface area contributed by atoms with Crippen LogP contribution >= 0.6 is 28.3 Å². The summed E-state index contributed by atoms with van der Waals surface area (Å²) in [7, 11) is 0. The Morgan fingerprint density at radius 2 is 1.86 bits per heavy atom. The number of rotatable bonds is 6. The molecular formula is C15H21BrClN3O2. The molecule has 122 valence electrons. The molecule has 0 saturated carbocycles. The summed E-state index contributed by atoms with van der Waals surface area (Å²) in [4.78, 5) is 23.5. The molecular weight excluding hydrogens is 370 g/mol. The van der Waals surface area contributed by atoms with Gasteiger partial charge in [-0.05, 0) is 43.7 Å². The third kappa shape index (κ3) is 6.34. The largest absolute Gasteiger partial charge is 0.354 e. The van der Waals surface area contributed by atoms with Gasteiger partial charge in [-0.25, -0.2) is 0 Å². The molecule has 1 atom stereocenters. The Hall–Kier alpha value is -1.11. The fourth-order valence-corrected chi connectivity index (χ4v) is 2.57. The van der Waals surface area contributed by atoms with Crippen molar-refractivity contribution in [1.29, 1.82) is 0 Å². The van der Waals surface area contributed by atoms with Gasteiger partial charge in [-0.1, -0.05) is 15.9 Å². The van der Waals surface area contributed by atoms with E-state index in [0.29, 0.717) is 31.1 Å². The van der Waals surface area contributed by atoms with Crippen molar-refractivity contribution in [3.63, 3.8) is 0 Å². The van der Waals surface area contributed by atoms with Gasteiger partial charge in [-0.3, -0.25) is 9.59 Å². The molecule has 1 saturated heterocycles. The van der Waals surface area contributed by atoms with Crippen LogP contribution in [0, 0.1) is 0 Å². The molecule has 2 amide bonds. The Balaban J connectivity index is 0.00000242. The van der Waals surface area contributed by atoms with Crippen LogP contribution in [-0.2, 0) is 4.79 Å².